The zero-order valence-corrected chi connectivity index (χ0v) is 13.0. The van der Waals surface area contributed by atoms with Crippen LogP contribution in [0.5, 0.6) is 0 Å². The second-order valence-corrected chi connectivity index (χ2v) is 5.38. The first-order valence-electron chi connectivity index (χ1n) is 6.28. The number of benzene rings is 1. The van der Waals surface area contributed by atoms with Crippen LogP contribution in [0.15, 0.2) is 29.1 Å². The summed E-state index contributed by atoms with van der Waals surface area (Å²) in [6.07, 6.45) is 0.611. The second-order valence-electron chi connectivity index (χ2n) is 4.57. The van der Waals surface area contributed by atoms with Crippen molar-refractivity contribution in [2.24, 2.45) is 7.05 Å². The minimum absolute atomic E-state index is 0.270. The SMILES string of the molecule is CCc1cc(=O)c(C(=O)O)c(-c2ccc(Cl)c(Cl)c2)n1C. The Labute approximate surface area is 131 Å². The van der Waals surface area contributed by atoms with Crippen molar-refractivity contribution < 1.29 is 9.90 Å². The van der Waals surface area contributed by atoms with Crippen LogP contribution in [-0.2, 0) is 13.5 Å². The van der Waals surface area contributed by atoms with E-state index in [2.05, 4.69) is 0 Å². The number of aromatic nitrogens is 1. The first-order chi connectivity index (χ1) is 9.86. The number of carboxylic acid groups (broad SMARTS) is 1. The Hall–Kier alpha value is -1.78. The lowest BCUT2D eigenvalue weighted by Crippen LogP contribution is -2.22. The molecule has 1 aromatic carbocycles. The van der Waals surface area contributed by atoms with E-state index >= 15 is 0 Å². The van der Waals surface area contributed by atoms with Crippen LogP contribution in [0.1, 0.15) is 23.0 Å². The summed E-state index contributed by atoms with van der Waals surface area (Å²) in [5.74, 6) is -1.26. The van der Waals surface area contributed by atoms with E-state index in [1.165, 1.54) is 6.07 Å². The van der Waals surface area contributed by atoms with Crippen molar-refractivity contribution in [2.75, 3.05) is 0 Å². The minimum Gasteiger partial charge on any atom is -0.477 e. The molecule has 0 unspecified atom stereocenters. The van der Waals surface area contributed by atoms with Crippen molar-refractivity contribution in [1.82, 2.24) is 4.57 Å². The van der Waals surface area contributed by atoms with Gasteiger partial charge in [0.15, 0.2) is 5.43 Å². The van der Waals surface area contributed by atoms with Crippen molar-refractivity contribution in [2.45, 2.75) is 13.3 Å². The van der Waals surface area contributed by atoms with Crippen LogP contribution in [0, 0.1) is 0 Å². The maximum atomic E-state index is 12.1. The summed E-state index contributed by atoms with van der Waals surface area (Å²) in [7, 11) is 1.72. The van der Waals surface area contributed by atoms with E-state index in [4.69, 9.17) is 23.2 Å². The molecular weight excluding hydrogens is 313 g/mol. The second kappa shape index (κ2) is 5.92. The Morgan fingerprint density at radius 3 is 2.43 bits per heavy atom. The van der Waals surface area contributed by atoms with Gasteiger partial charge in [-0.05, 0) is 18.6 Å². The molecule has 0 radical (unpaired) electrons. The lowest BCUT2D eigenvalue weighted by molar-refractivity contribution is 0.0695. The van der Waals surface area contributed by atoms with Gasteiger partial charge >= 0.3 is 5.97 Å². The number of nitrogens with zero attached hydrogens (tertiary/aromatic N) is 1. The summed E-state index contributed by atoms with van der Waals surface area (Å²) in [5, 5.41) is 10.0. The molecule has 0 aliphatic heterocycles. The van der Waals surface area contributed by atoms with Gasteiger partial charge in [0.25, 0.3) is 0 Å². The Bertz CT molecular complexity index is 781. The summed E-state index contributed by atoms with van der Waals surface area (Å²) < 4.78 is 1.70. The van der Waals surface area contributed by atoms with Gasteiger partial charge in [-0.1, -0.05) is 36.2 Å². The molecule has 0 spiro atoms. The van der Waals surface area contributed by atoms with Gasteiger partial charge < -0.3 is 9.67 Å². The molecule has 21 heavy (non-hydrogen) atoms. The third-order valence-electron chi connectivity index (χ3n) is 3.32. The predicted octanol–water partition coefficient (Wildman–Crippen LogP) is 3.62. The number of hydrogen-bond acceptors (Lipinski definition) is 2. The third-order valence-corrected chi connectivity index (χ3v) is 4.06. The smallest absolute Gasteiger partial charge is 0.341 e. The summed E-state index contributed by atoms with van der Waals surface area (Å²) in [4.78, 5) is 23.5. The van der Waals surface area contributed by atoms with Crippen LogP contribution < -0.4 is 5.43 Å². The molecule has 1 aromatic heterocycles. The van der Waals surface area contributed by atoms with E-state index in [1.807, 2.05) is 6.92 Å². The van der Waals surface area contributed by atoms with Crippen molar-refractivity contribution in [3.8, 4) is 11.3 Å². The Morgan fingerprint density at radius 1 is 1.24 bits per heavy atom. The Kier molecular flexibility index (Phi) is 4.40. The highest BCUT2D eigenvalue weighted by Gasteiger charge is 2.20. The van der Waals surface area contributed by atoms with Crippen LogP contribution in [0.2, 0.25) is 10.0 Å². The highest BCUT2D eigenvalue weighted by atomic mass is 35.5. The average molecular weight is 326 g/mol. The number of carbonyl (C=O) groups is 1. The number of halogens is 2. The summed E-state index contributed by atoms with van der Waals surface area (Å²) in [6.45, 7) is 1.90. The highest BCUT2D eigenvalue weighted by Crippen LogP contribution is 2.30. The van der Waals surface area contributed by atoms with E-state index < -0.39 is 11.4 Å². The van der Waals surface area contributed by atoms with Crippen molar-refractivity contribution in [3.63, 3.8) is 0 Å². The molecule has 0 saturated heterocycles. The fourth-order valence-electron chi connectivity index (χ4n) is 2.28. The molecule has 0 saturated carbocycles. The fraction of sp³-hybridized carbons (Fsp3) is 0.200. The lowest BCUT2D eigenvalue weighted by atomic mass is 10.0. The van der Waals surface area contributed by atoms with Crippen molar-refractivity contribution in [3.05, 3.63) is 55.8 Å². The number of rotatable bonds is 3. The Balaban J connectivity index is 2.88. The molecule has 0 bridgehead atoms. The van der Waals surface area contributed by atoms with E-state index in [0.29, 0.717) is 27.7 Å². The van der Waals surface area contributed by atoms with Gasteiger partial charge in [0.1, 0.15) is 5.56 Å². The molecule has 4 nitrogen and oxygen atoms in total. The van der Waals surface area contributed by atoms with Gasteiger partial charge in [-0.25, -0.2) is 4.79 Å². The molecule has 2 aromatic rings. The lowest BCUT2D eigenvalue weighted by Gasteiger charge is -2.16. The van der Waals surface area contributed by atoms with Gasteiger partial charge in [-0.15, -0.1) is 0 Å². The molecule has 0 aliphatic carbocycles. The van der Waals surface area contributed by atoms with E-state index in [9.17, 15) is 14.7 Å². The summed E-state index contributed by atoms with van der Waals surface area (Å²) >= 11 is 11.9. The van der Waals surface area contributed by atoms with Gasteiger partial charge in [0.2, 0.25) is 0 Å². The molecule has 1 heterocycles. The van der Waals surface area contributed by atoms with Crippen LogP contribution >= 0.6 is 23.2 Å². The zero-order valence-electron chi connectivity index (χ0n) is 11.5. The molecule has 2 rings (SSSR count). The first-order valence-corrected chi connectivity index (χ1v) is 7.04. The molecular formula is C15H13Cl2NO3. The highest BCUT2D eigenvalue weighted by molar-refractivity contribution is 6.42. The monoisotopic (exact) mass is 325 g/mol. The fourth-order valence-corrected chi connectivity index (χ4v) is 2.57. The average Bonchev–Trinajstić information content (AvgIpc) is 2.43. The molecule has 0 atom stereocenters. The summed E-state index contributed by atoms with van der Waals surface area (Å²) in [6, 6.07) is 6.14. The molecule has 0 amide bonds. The number of aryl methyl sites for hydroxylation is 1. The molecule has 0 fully saturated rings. The number of pyridine rings is 1. The van der Waals surface area contributed by atoms with Gasteiger partial charge in [0, 0.05) is 24.4 Å². The van der Waals surface area contributed by atoms with Gasteiger partial charge in [0.05, 0.1) is 15.7 Å². The van der Waals surface area contributed by atoms with Crippen molar-refractivity contribution in [1.29, 1.82) is 0 Å². The molecule has 1 N–H and O–H groups in total. The molecule has 0 aliphatic rings. The van der Waals surface area contributed by atoms with Crippen LogP contribution in [0.3, 0.4) is 0 Å². The largest absolute Gasteiger partial charge is 0.477 e. The predicted molar refractivity (Wildman–Crippen MR) is 83.5 cm³/mol. The molecule has 6 heteroatoms. The van der Waals surface area contributed by atoms with Gasteiger partial charge in [-0.3, -0.25) is 4.79 Å². The van der Waals surface area contributed by atoms with Gasteiger partial charge in [-0.2, -0.15) is 0 Å². The minimum atomic E-state index is -1.26. The number of aromatic carboxylic acids is 1. The van der Waals surface area contributed by atoms with Crippen molar-refractivity contribution >= 4 is 29.2 Å². The maximum Gasteiger partial charge on any atom is 0.341 e. The Morgan fingerprint density at radius 2 is 1.90 bits per heavy atom. The van der Waals surface area contributed by atoms with E-state index in [1.54, 1.807) is 29.8 Å². The topological polar surface area (TPSA) is 59.3 Å². The van der Waals surface area contributed by atoms with E-state index in [0.717, 1.165) is 5.69 Å². The van der Waals surface area contributed by atoms with Crippen LogP contribution in [-0.4, -0.2) is 15.6 Å². The number of carboxylic acids is 1. The zero-order chi connectivity index (χ0) is 15.7. The maximum absolute atomic E-state index is 12.1. The van der Waals surface area contributed by atoms with Crippen LogP contribution in [0.4, 0.5) is 0 Å². The van der Waals surface area contributed by atoms with Crippen LogP contribution in [0.25, 0.3) is 11.3 Å². The standard InChI is InChI=1S/C15H13Cl2NO3/c1-3-9-7-12(19)13(15(20)21)14(18(9)2)8-4-5-10(16)11(17)6-8/h4-7H,3H2,1-2H3,(H,20,21). The summed E-state index contributed by atoms with van der Waals surface area (Å²) in [5.41, 5.74) is 0.819. The third kappa shape index (κ3) is 2.82. The van der Waals surface area contributed by atoms with E-state index in [-0.39, 0.29) is 5.56 Å². The first kappa shape index (κ1) is 15.6. The normalized spacial score (nSPS) is 10.7. The quantitative estimate of drug-likeness (QED) is 0.937. The number of hydrogen-bond donors (Lipinski definition) is 1. The molecule has 110 valence electrons.